The summed E-state index contributed by atoms with van der Waals surface area (Å²) in [4.78, 5) is 19.0. The summed E-state index contributed by atoms with van der Waals surface area (Å²) in [7, 11) is 0. The Bertz CT molecular complexity index is 600. The van der Waals surface area contributed by atoms with E-state index in [4.69, 9.17) is 4.74 Å². The Morgan fingerprint density at radius 1 is 1.15 bits per heavy atom. The Hall–Kier alpha value is -2.12. The molecule has 0 spiro atoms. The average molecular weight is 376 g/mol. The van der Waals surface area contributed by atoms with Crippen LogP contribution in [0.15, 0.2) is 29.3 Å². The number of amides is 1. The van der Waals surface area contributed by atoms with Crippen molar-refractivity contribution in [3.8, 4) is 0 Å². The second kappa shape index (κ2) is 12.3. The van der Waals surface area contributed by atoms with Gasteiger partial charge < -0.3 is 20.7 Å². The molecule has 1 aliphatic rings. The van der Waals surface area contributed by atoms with E-state index in [0.717, 1.165) is 63.9 Å². The molecule has 7 heteroatoms. The number of rotatable bonds is 9. The van der Waals surface area contributed by atoms with Gasteiger partial charge in [0.2, 0.25) is 0 Å². The van der Waals surface area contributed by atoms with Gasteiger partial charge in [-0.15, -0.1) is 0 Å². The molecule has 1 amide bonds. The van der Waals surface area contributed by atoms with Crippen LogP contribution in [0.3, 0.4) is 0 Å². The van der Waals surface area contributed by atoms with Crippen LogP contribution in [0.2, 0.25) is 0 Å². The van der Waals surface area contributed by atoms with Gasteiger partial charge in [0.05, 0.1) is 19.8 Å². The number of nitrogens with zero attached hydrogens (tertiary/aromatic N) is 2. The van der Waals surface area contributed by atoms with Gasteiger partial charge in [-0.2, -0.15) is 0 Å². The average Bonchev–Trinajstić information content (AvgIpc) is 2.70. The van der Waals surface area contributed by atoms with Gasteiger partial charge in [0.1, 0.15) is 0 Å². The summed E-state index contributed by atoms with van der Waals surface area (Å²) >= 11 is 0. The van der Waals surface area contributed by atoms with Gasteiger partial charge in [0.25, 0.3) is 5.91 Å². The lowest BCUT2D eigenvalue weighted by atomic mass is 10.1. The molecule has 0 saturated carbocycles. The first-order chi connectivity index (χ1) is 13.2. The molecule has 1 heterocycles. The number of hydrogen-bond acceptors (Lipinski definition) is 4. The highest BCUT2D eigenvalue weighted by molar-refractivity contribution is 5.94. The molecule has 0 aromatic heterocycles. The number of hydrogen-bond donors (Lipinski definition) is 3. The molecular weight excluding hydrogens is 342 g/mol. The van der Waals surface area contributed by atoms with Gasteiger partial charge in [-0.3, -0.25) is 9.69 Å². The van der Waals surface area contributed by atoms with E-state index in [1.54, 1.807) is 0 Å². The van der Waals surface area contributed by atoms with Crippen LogP contribution >= 0.6 is 0 Å². The van der Waals surface area contributed by atoms with Crippen molar-refractivity contribution in [2.24, 2.45) is 4.99 Å². The van der Waals surface area contributed by atoms with E-state index < -0.39 is 0 Å². The molecular formula is C20H33N5O2. The van der Waals surface area contributed by atoms with Crippen LogP contribution in [0.5, 0.6) is 0 Å². The van der Waals surface area contributed by atoms with Crippen molar-refractivity contribution in [3.05, 3.63) is 35.4 Å². The Morgan fingerprint density at radius 3 is 2.67 bits per heavy atom. The minimum Gasteiger partial charge on any atom is -0.379 e. The fraction of sp³-hybridized carbons (Fsp3) is 0.600. The van der Waals surface area contributed by atoms with E-state index in [-0.39, 0.29) is 5.91 Å². The molecule has 27 heavy (non-hydrogen) atoms. The zero-order valence-electron chi connectivity index (χ0n) is 16.6. The molecule has 0 unspecified atom stereocenters. The molecule has 1 aromatic rings. The zero-order chi connectivity index (χ0) is 19.3. The van der Waals surface area contributed by atoms with Crippen LogP contribution in [-0.4, -0.2) is 69.2 Å². The highest BCUT2D eigenvalue weighted by Crippen LogP contribution is 2.07. The van der Waals surface area contributed by atoms with Crippen LogP contribution in [-0.2, 0) is 11.3 Å². The van der Waals surface area contributed by atoms with Gasteiger partial charge in [-0.25, -0.2) is 4.99 Å². The SMILES string of the molecule is CCNC(=O)c1cccc(CN=C(NCC)NCCCN2CCOCC2)c1. The van der Waals surface area contributed by atoms with Crippen molar-refractivity contribution in [2.45, 2.75) is 26.8 Å². The van der Waals surface area contributed by atoms with Crippen molar-refractivity contribution in [1.82, 2.24) is 20.9 Å². The summed E-state index contributed by atoms with van der Waals surface area (Å²) in [6.45, 7) is 11.6. The van der Waals surface area contributed by atoms with E-state index in [9.17, 15) is 4.79 Å². The Balaban J connectivity index is 1.81. The van der Waals surface area contributed by atoms with E-state index in [1.807, 2.05) is 31.2 Å². The summed E-state index contributed by atoms with van der Waals surface area (Å²) in [5.41, 5.74) is 1.69. The molecule has 0 bridgehead atoms. The molecule has 2 rings (SSSR count). The third-order valence-corrected chi connectivity index (χ3v) is 4.34. The second-order valence-corrected chi connectivity index (χ2v) is 6.49. The van der Waals surface area contributed by atoms with Crippen LogP contribution in [0.25, 0.3) is 0 Å². The van der Waals surface area contributed by atoms with Gasteiger partial charge in [-0.1, -0.05) is 12.1 Å². The maximum Gasteiger partial charge on any atom is 0.251 e. The molecule has 1 saturated heterocycles. The molecule has 0 aliphatic carbocycles. The number of carbonyl (C=O) groups is 1. The Labute approximate surface area is 162 Å². The molecule has 3 N–H and O–H groups in total. The lowest BCUT2D eigenvalue weighted by molar-refractivity contribution is 0.0376. The highest BCUT2D eigenvalue weighted by Gasteiger charge is 2.09. The van der Waals surface area contributed by atoms with E-state index >= 15 is 0 Å². The minimum atomic E-state index is -0.0449. The number of aliphatic imine (C=N–C) groups is 1. The molecule has 1 aliphatic heterocycles. The van der Waals surface area contributed by atoms with Gasteiger partial charge >= 0.3 is 0 Å². The van der Waals surface area contributed by atoms with E-state index in [1.165, 1.54) is 0 Å². The number of carbonyl (C=O) groups excluding carboxylic acids is 1. The van der Waals surface area contributed by atoms with Gasteiger partial charge in [0.15, 0.2) is 5.96 Å². The number of ether oxygens (including phenoxy) is 1. The summed E-state index contributed by atoms with van der Waals surface area (Å²) in [5, 5.41) is 9.49. The number of guanidine groups is 1. The number of morpholine rings is 1. The van der Waals surface area contributed by atoms with E-state index in [2.05, 4.69) is 32.8 Å². The maximum atomic E-state index is 12.0. The lowest BCUT2D eigenvalue weighted by Crippen LogP contribution is -2.40. The zero-order valence-corrected chi connectivity index (χ0v) is 16.6. The first kappa shape index (κ1) is 21.2. The number of nitrogens with one attached hydrogen (secondary N) is 3. The van der Waals surface area contributed by atoms with Crippen molar-refractivity contribution < 1.29 is 9.53 Å². The molecule has 0 atom stereocenters. The summed E-state index contributed by atoms with van der Waals surface area (Å²) < 4.78 is 5.38. The second-order valence-electron chi connectivity index (χ2n) is 6.49. The largest absolute Gasteiger partial charge is 0.379 e. The predicted molar refractivity (Wildman–Crippen MR) is 109 cm³/mol. The normalized spacial score (nSPS) is 15.4. The van der Waals surface area contributed by atoms with Crippen LogP contribution in [0.1, 0.15) is 36.2 Å². The summed E-state index contributed by atoms with van der Waals surface area (Å²) in [6.07, 6.45) is 1.07. The molecule has 1 fully saturated rings. The van der Waals surface area contributed by atoms with Gasteiger partial charge in [0, 0.05) is 38.3 Å². The van der Waals surface area contributed by atoms with Crippen molar-refractivity contribution in [1.29, 1.82) is 0 Å². The van der Waals surface area contributed by atoms with Crippen molar-refractivity contribution in [2.75, 3.05) is 52.5 Å². The quantitative estimate of drug-likeness (QED) is 0.344. The van der Waals surface area contributed by atoms with Crippen LogP contribution in [0, 0.1) is 0 Å². The van der Waals surface area contributed by atoms with Crippen molar-refractivity contribution in [3.63, 3.8) is 0 Å². The van der Waals surface area contributed by atoms with Crippen LogP contribution in [0.4, 0.5) is 0 Å². The first-order valence-electron chi connectivity index (χ1n) is 9.92. The summed E-state index contributed by atoms with van der Waals surface area (Å²) in [6, 6.07) is 7.62. The van der Waals surface area contributed by atoms with Crippen molar-refractivity contribution >= 4 is 11.9 Å². The topological polar surface area (TPSA) is 78.0 Å². The minimum absolute atomic E-state index is 0.0449. The summed E-state index contributed by atoms with van der Waals surface area (Å²) in [5.74, 6) is 0.763. The van der Waals surface area contributed by atoms with Crippen LogP contribution < -0.4 is 16.0 Å². The highest BCUT2D eigenvalue weighted by atomic mass is 16.5. The molecule has 1 aromatic carbocycles. The third kappa shape index (κ3) is 7.97. The predicted octanol–water partition coefficient (Wildman–Crippen LogP) is 1.21. The van der Waals surface area contributed by atoms with E-state index in [0.29, 0.717) is 18.7 Å². The first-order valence-corrected chi connectivity index (χ1v) is 9.92. The fourth-order valence-electron chi connectivity index (χ4n) is 2.92. The third-order valence-electron chi connectivity index (χ3n) is 4.34. The van der Waals surface area contributed by atoms with Gasteiger partial charge in [-0.05, 0) is 44.5 Å². The Kier molecular flexibility index (Phi) is 9.65. The maximum absolute atomic E-state index is 12.0. The standard InChI is InChI=1S/C20H33N5O2/c1-3-21-19(26)18-8-5-7-17(15-18)16-24-20(22-4-2)23-9-6-10-25-11-13-27-14-12-25/h5,7-8,15H,3-4,6,9-14,16H2,1-2H3,(H,21,26)(H2,22,23,24). The Morgan fingerprint density at radius 2 is 1.93 bits per heavy atom. The lowest BCUT2D eigenvalue weighted by Gasteiger charge is -2.26. The fourth-order valence-corrected chi connectivity index (χ4v) is 2.92. The molecule has 150 valence electrons. The molecule has 7 nitrogen and oxygen atoms in total. The molecule has 0 radical (unpaired) electrons. The smallest absolute Gasteiger partial charge is 0.251 e. The monoisotopic (exact) mass is 375 g/mol. The number of benzene rings is 1.